The van der Waals surface area contributed by atoms with Gasteiger partial charge >= 0.3 is 0 Å². The third-order valence-corrected chi connectivity index (χ3v) is 4.67. The molecule has 3 aromatic carbocycles. The molecule has 1 heterocycles. The molecule has 26 heavy (non-hydrogen) atoms. The Morgan fingerprint density at radius 1 is 0.885 bits per heavy atom. The summed E-state index contributed by atoms with van der Waals surface area (Å²) < 4.78 is 27.0. The second-order valence-corrected chi connectivity index (χ2v) is 6.59. The Bertz CT molecular complexity index is 953. The van der Waals surface area contributed by atoms with E-state index in [1.165, 1.54) is 24.3 Å². The summed E-state index contributed by atoms with van der Waals surface area (Å²) in [5, 5.41) is 7.17. The van der Waals surface area contributed by atoms with Gasteiger partial charge < -0.3 is 0 Å². The monoisotopic (exact) mass is 368 g/mol. The van der Waals surface area contributed by atoms with Gasteiger partial charge in [0.1, 0.15) is 11.6 Å². The molecule has 2 nitrogen and oxygen atoms in total. The van der Waals surface area contributed by atoms with E-state index in [0.717, 1.165) is 16.8 Å². The van der Waals surface area contributed by atoms with Crippen molar-refractivity contribution in [2.75, 3.05) is 5.01 Å². The standard InChI is InChI=1S/C21H15ClF2N2/c22-16-8-4-14(5-9-16)20-13-21(15-6-10-17(23)11-7-15)26(25-20)19-3-1-2-18(24)12-19/h1-12,21H,13H2. The molecular formula is C21H15ClF2N2. The van der Waals surface area contributed by atoms with E-state index >= 15 is 0 Å². The Kier molecular flexibility index (Phi) is 4.43. The highest BCUT2D eigenvalue weighted by Gasteiger charge is 2.30. The van der Waals surface area contributed by atoms with Crippen molar-refractivity contribution in [1.29, 1.82) is 0 Å². The maximum absolute atomic E-state index is 13.7. The van der Waals surface area contributed by atoms with E-state index in [9.17, 15) is 8.78 Å². The Morgan fingerprint density at radius 2 is 1.62 bits per heavy atom. The average molecular weight is 369 g/mol. The minimum atomic E-state index is -0.324. The summed E-state index contributed by atoms with van der Waals surface area (Å²) in [6.07, 6.45) is 0.629. The summed E-state index contributed by atoms with van der Waals surface area (Å²) in [4.78, 5) is 0. The Hall–Kier alpha value is -2.72. The molecule has 1 unspecified atom stereocenters. The fourth-order valence-corrected chi connectivity index (χ4v) is 3.25. The summed E-state index contributed by atoms with van der Waals surface area (Å²) >= 11 is 5.97. The van der Waals surface area contributed by atoms with Crippen LogP contribution in [0.4, 0.5) is 14.5 Å². The van der Waals surface area contributed by atoms with E-state index in [1.807, 2.05) is 30.3 Å². The first-order valence-corrected chi connectivity index (χ1v) is 8.61. The van der Waals surface area contributed by atoms with Gasteiger partial charge in [0.15, 0.2) is 0 Å². The first-order chi connectivity index (χ1) is 12.6. The number of halogens is 3. The normalized spacial score (nSPS) is 16.7. The number of benzene rings is 3. The largest absolute Gasteiger partial charge is 0.257 e. The van der Waals surface area contributed by atoms with Crippen LogP contribution in [-0.4, -0.2) is 5.71 Å². The quantitative estimate of drug-likeness (QED) is 0.555. The van der Waals surface area contributed by atoms with Gasteiger partial charge in [-0.2, -0.15) is 5.10 Å². The van der Waals surface area contributed by atoms with Crippen molar-refractivity contribution in [3.8, 4) is 0 Å². The fraction of sp³-hybridized carbons (Fsp3) is 0.0952. The second kappa shape index (κ2) is 6.89. The van der Waals surface area contributed by atoms with Crippen LogP contribution in [0.25, 0.3) is 0 Å². The molecule has 1 aliphatic heterocycles. The summed E-state index contributed by atoms with van der Waals surface area (Å²) in [6.45, 7) is 0. The van der Waals surface area contributed by atoms with Gasteiger partial charge in [0.2, 0.25) is 0 Å². The second-order valence-electron chi connectivity index (χ2n) is 6.15. The van der Waals surface area contributed by atoms with Crippen LogP contribution in [-0.2, 0) is 0 Å². The van der Waals surface area contributed by atoms with Crippen LogP contribution in [0.2, 0.25) is 5.02 Å². The topological polar surface area (TPSA) is 15.6 Å². The summed E-state index contributed by atoms with van der Waals surface area (Å²) in [5.41, 5.74) is 3.41. The number of hydrogen-bond acceptors (Lipinski definition) is 2. The summed E-state index contributed by atoms with van der Waals surface area (Å²) in [5.74, 6) is -0.613. The first-order valence-electron chi connectivity index (χ1n) is 8.24. The van der Waals surface area contributed by atoms with E-state index in [2.05, 4.69) is 0 Å². The lowest BCUT2D eigenvalue weighted by molar-refractivity contribution is 0.621. The van der Waals surface area contributed by atoms with Gasteiger partial charge in [-0.25, -0.2) is 8.78 Å². The molecule has 130 valence electrons. The number of hydrogen-bond donors (Lipinski definition) is 0. The lowest BCUT2D eigenvalue weighted by Crippen LogP contribution is -2.18. The molecule has 4 rings (SSSR count). The summed E-state index contributed by atoms with van der Waals surface area (Å²) in [7, 11) is 0. The molecule has 0 spiro atoms. The lowest BCUT2D eigenvalue weighted by Gasteiger charge is -2.24. The van der Waals surface area contributed by atoms with Crippen molar-refractivity contribution in [2.24, 2.45) is 5.10 Å². The maximum Gasteiger partial charge on any atom is 0.125 e. The molecule has 0 bridgehead atoms. The van der Waals surface area contributed by atoms with E-state index in [-0.39, 0.29) is 17.7 Å². The zero-order valence-electron chi connectivity index (χ0n) is 13.7. The molecule has 5 heteroatoms. The van der Waals surface area contributed by atoms with Gasteiger partial charge in [-0.05, 0) is 53.6 Å². The van der Waals surface area contributed by atoms with Crippen molar-refractivity contribution in [2.45, 2.75) is 12.5 Å². The number of rotatable bonds is 3. The lowest BCUT2D eigenvalue weighted by atomic mass is 9.98. The summed E-state index contributed by atoms with van der Waals surface area (Å²) in [6, 6.07) is 20.0. The number of nitrogens with zero attached hydrogens (tertiary/aromatic N) is 2. The highest BCUT2D eigenvalue weighted by Crippen LogP contribution is 2.37. The van der Waals surface area contributed by atoms with Crippen molar-refractivity contribution < 1.29 is 8.78 Å². The Labute approximate surface area is 155 Å². The number of hydrazone groups is 1. The molecule has 0 radical (unpaired) electrons. The third kappa shape index (κ3) is 3.33. The third-order valence-electron chi connectivity index (χ3n) is 4.42. The van der Waals surface area contributed by atoms with Crippen molar-refractivity contribution in [3.05, 3.63) is 101 Å². The molecule has 0 N–H and O–H groups in total. The van der Waals surface area contributed by atoms with Gasteiger partial charge in [0.25, 0.3) is 0 Å². The van der Waals surface area contributed by atoms with Gasteiger partial charge in [-0.1, -0.05) is 41.9 Å². The molecular weight excluding hydrogens is 354 g/mol. The van der Waals surface area contributed by atoms with Crippen molar-refractivity contribution in [3.63, 3.8) is 0 Å². The van der Waals surface area contributed by atoms with Crippen LogP contribution in [0, 0.1) is 11.6 Å². The van der Waals surface area contributed by atoms with Crippen LogP contribution in [0.15, 0.2) is 77.9 Å². The average Bonchev–Trinajstić information content (AvgIpc) is 3.08. The van der Waals surface area contributed by atoms with Gasteiger partial charge in [-0.15, -0.1) is 0 Å². The van der Waals surface area contributed by atoms with Crippen molar-refractivity contribution in [1.82, 2.24) is 0 Å². The smallest absolute Gasteiger partial charge is 0.125 e. The van der Waals surface area contributed by atoms with Crippen LogP contribution >= 0.6 is 11.6 Å². The van der Waals surface area contributed by atoms with Gasteiger partial charge in [-0.3, -0.25) is 5.01 Å². The fourth-order valence-electron chi connectivity index (χ4n) is 3.13. The van der Waals surface area contributed by atoms with Crippen molar-refractivity contribution >= 4 is 23.0 Å². The first kappa shape index (κ1) is 16.7. The predicted octanol–water partition coefficient (Wildman–Crippen LogP) is 5.97. The van der Waals surface area contributed by atoms with E-state index < -0.39 is 0 Å². The highest BCUT2D eigenvalue weighted by atomic mass is 35.5. The Morgan fingerprint density at radius 3 is 2.31 bits per heavy atom. The molecule has 1 atom stereocenters. The predicted molar refractivity (Wildman–Crippen MR) is 101 cm³/mol. The zero-order valence-corrected chi connectivity index (χ0v) is 14.5. The zero-order chi connectivity index (χ0) is 18.1. The molecule has 0 fully saturated rings. The van der Waals surface area contributed by atoms with E-state index in [0.29, 0.717) is 17.1 Å². The van der Waals surface area contributed by atoms with Crippen LogP contribution in [0.3, 0.4) is 0 Å². The minimum Gasteiger partial charge on any atom is -0.257 e. The molecule has 0 aromatic heterocycles. The van der Waals surface area contributed by atoms with E-state index in [1.54, 1.807) is 23.2 Å². The molecule has 1 aliphatic rings. The van der Waals surface area contributed by atoms with E-state index in [4.69, 9.17) is 16.7 Å². The highest BCUT2D eigenvalue weighted by molar-refractivity contribution is 6.30. The Balaban J connectivity index is 1.75. The SMILES string of the molecule is Fc1ccc(C2CC(c3ccc(Cl)cc3)=NN2c2cccc(F)c2)cc1. The van der Waals surface area contributed by atoms with Crippen LogP contribution in [0.5, 0.6) is 0 Å². The van der Waals surface area contributed by atoms with Gasteiger partial charge in [0, 0.05) is 11.4 Å². The molecule has 0 aliphatic carbocycles. The maximum atomic E-state index is 13.7. The molecule has 0 saturated carbocycles. The molecule has 3 aromatic rings. The van der Waals surface area contributed by atoms with Crippen LogP contribution < -0.4 is 5.01 Å². The minimum absolute atomic E-state index is 0.136. The van der Waals surface area contributed by atoms with Crippen LogP contribution in [0.1, 0.15) is 23.6 Å². The molecule has 0 amide bonds. The van der Waals surface area contributed by atoms with Gasteiger partial charge in [0.05, 0.1) is 17.4 Å². The number of anilines is 1. The molecule has 0 saturated heterocycles.